The van der Waals surface area contributed by atoms with Crippen LogP contribution in [0.3, 0.4) is 0 Å². The standard InChI is InChI=1S/C18H25FN6O/c1-11-16(19)17(26)21-18(20-11)23(2)7-12-8-25(9-12)10-15-13-5-4-6-14(13)22-24(15)3/h12,16H,4-10H2,1-3H3. The van der Waals surface area contributed by atoms with Crippen molar-refractivity contribution in [1.29, 1.82) is 0 Å². The SMILES string of the molecule is CC1=NC(N(C)CC2CN(Cc3c4c(nn3C)CCC4)C2)=NC(=O)C1F. The van der Waals surface area contributed by atoms with Crippen molar-refractivity contribution in [1.82, 2.24) is 19.6 Å². The van der Waals surface area contributed by atoms with Gasteiger partial charge in [0.05, 0.1) is 17.1 Å². The molecule has 1 atom stereocenters. The lowest BCUT2D eigenvalue weighted by Gasteiger charge is -2.41. The lowest BCUT2D eigenvalue weighted by molar-refractivity contribution is -0.120. The van der Waals surface area contributed by atoms with Crippen LogP contribution in [0.25, 0.3) is 0 Å². The van der Waals surface area contributed by atoms with Gasteiger partial charge in [-0.25, -0.2) is 9.38 Å². The van der Waals surface area contributed by atoms with E-state index in [1.54, 1.807) is 0 Å². The topological polar surface area (TPSA) is 66.1 Å². The molecule has 0 N–H and O–H groups in total. The molecular weight excluding hydrogens is 335 g/mol. The van der Waals surface area contributed by atoms with E-state index >= 15 is 0 Å². The third-order valence-corrected chi connectivity index (χ3v) is 5.55. The minimum atomic E-state index is -1.69. The van der Waals surface area contributed by atoms with Gasteiger partial charge in [0.15, 0.2) is 0 Å². The Bertz CT molecular complexity index is 792. The number of likely N-dealkylation sites (tertiary alicyclic amines) is 1. The number of carbonyl (C=O) groups is 1. The fourth-order valence-corrected chi connectivity index (χ4v) is 4.13. The quantitative estimate of drug-likeness (QED) is 0.802. The average Bonchev–Trinajstić information content (AvgIpc) is 3.11. The Balaban J connectivity index is 1.31. The second kappa shape index (κ2) is 6.57. The van der Waals surface area contributed by atoms with Crippen LogP contribution in [-0.2, 0) is 31.2 Å². The number of rotatable bonds is 4. The Morgan fingerprint density at radius 1 is 1.27 bits per heavy atom. The minimum Gasteiger partial charge on any atom is -0.343 e. The molecule has 8 heteroatoms. The monoisotopic (exact) mass is 360 g/mol. The number of carbonyl (C=O) groups excluding carboxylic acids is 1. The van der Waals surface area contributed by atoms with Crippen LogP contribution >= 0.6 is 0 Å². The van der Waals surface area contributed by atoms with Crippen molar-refractivity contribution in [3.8, 4) is 0 Å². The predicted molar refractivity (Wildman–Crippen MR) is 97.1 cm³/mol. The first-order valence-corrected chi connectivity index (χ1v) is 9.21. The number of alkyl halides is 1. The van der Waals surface area contributed by atoms with Gasteiger partial charge in [0.1, 0.15) is 0 Å². The molecule has 1 unspecified atom stereocenters. The summed E-state index contributed by atoms with van der Waals surface area (Å²) in [6, 6.07) is 0. The smallest absolute Gasteiger partial charge is 0.289 e. The molecule has 0 saturated carbocycles. The maximum atomic E-state index is 13.5. The number of guanidine groups is 1. The number of aromatic nitrogens is 2. The first kappa shape index (κ1) is 17.3. The summed E-state index contributed by atoms with van der Waals surface area (Å²) in [6.07, 6.45) is 1.79. The van der Waals surface area contributed by atoms with E-state index in [9.17, 15) is 9.18 Å². The molecule has 1 fully saturated rings. The second-order valence-electron chi connectivity index (χ2n) is 7.66. The Hall–Kier alpha value is -2.09. The lowest BCUT2D eigenvalue weighted by Crippen LogP contribution is -2.51. The molecule has 1 aliphatic carbocycles. The van der Waals surface area contributed by atoms with Gasteiger partial charge in [-0.2, -0.15) is 10.1 Å². The van der Waals surface area contributed by atoms with Crippen molar-refractivity contribution in [2.75, 3.05) is 26.7 Å². The fraction of sp³-hybridized carbons (Fsp3) is 0.667. The first-order valence-electron chi connectivity index (χ1n) is 9.21. The fourth-order valence-electron chi connectivity index (χ4n) is 4.13. The largest absolute Gasteiger partial charge is 0.343 e. The van der Waals surface area contributed by atoms with Gasteiger partial charge in [0, 0.05) is 46.2 Å². The molecule has 1 aromatic heterocycles. The number of halogens is 1. The number of hydrogen-bond acceptors (Lipinski definition) is 5. The summed E-state index contributed by atoms with van der Waals surface area (Å²) in [5.41, 5.74) is 4.26. The maximum Gasteiger partial charge on any atom is 0.289 e. The van der Waals surface area contributed by atoms with E-state index in [4.69, 9.17) is 0 Å². The molecule has 4 rings (SSSR count). The maximum absolute atomic E-state index is 13.5. The molecular formula is C18H25FN6O. The molecule has 140 valence electrons. The van der Waals surface area contributed by atoms with Crippen LogP contribution in [0.1, 0.15) is 30.3 Å². The van der Waals surface area contributed by atoms with Crippen LogP contribution in [0.4, 0.5) is 4.39 Å². The van der Waals surface area contributed by atoms with E-state index < -0.39 is 12.1 Å². The molecule has 7 nitrogen and oxygen atoms in total. The molecule has 1 amide bonds. The van der Waals surface area contributed by atoms with Crippen LogP contribution in [0.2, 0.25) is 0 Å². The summed E-state index contributed by atoms with van der Waals surface area (Å²) in [5.74, 6) is 0.0710. The molecule has 0 bridgehead atoms. The number of hydrogen-bond donors (Lipinski definition) is 0. The molecule has 0 aromatic carbocycles. The third-order valence-electron chi connectivity index (χ3n) is 5.55. The zero-order valence-electron chi connectivity index (χ0n) is 15.6. The van der Waals surface area contributed by atoms with E-state index in [-0.39, 0.29) is 5.71 Å². The van der Waals surface area contributed by atoms with E-state index in [1.165, 1.54) is 30.3 Å². The van der Waals surface area contributed by atoms with Gasteiger partial charge in [-0.1, -0.05) is 0 Å². The Kier molecular flexibility index (Phi) is 4.38. The van der Waals surface area contributed by atoms with Crippen LogP contribution in [0.5, 0.6) is 0 Å². The molecule has 1 saturated heterocycles. The summed E-state index contributed by atoms with van der Waals surface area (Å²) in [6.45, 7) is 5.24. The van der Waals surface area contributed by atoms with Gasteiger partial charge >= 0.3 is 0 Å². The Morgan fingerprint density at radius 3 is 2.77 bits per heavy atom. The van der Waals surface area contributed by atoms with Crippen LogP contribution in [0, 0.1) is 5.92 Å². The summed E-state index contributed by atoms with van der Waals surface area (Å²) < 4.78 is 15.5. The average molecular weight is 360 g/mol. The highest BCUT2D eigenvalue weighted by molar-refractivity contribution is 6.16. The van der Waals surface area contributed by atoms with Crippen LogP contribution in [-0.4, -0.2) is 70.0 Å². The highest BCUT2D eigenvalue weighted by Crippen LogP contribution is 2.27. The molecule has 26 heavy (non-hydrogen) atoms. The van der Waals surface area contributed by atoms with Gasteiger partial charge < -0.3 is 4.90 Å². The van der Waals surface area contributed by atoms with Crippen molar-refractivity contribution < 1.29 is 9.18 Å². The Morgan fingerprint density at radius 2 is 2.04 bits per heavy atom. The number of aryl methyl sites for hydroxylation is 2. The summed E-state index contributed by atoms with van der Waals surface area (Å²) in [4.78, 5) is 23.7. The van der Waals surface area contributed by atoms with Gasteiger partial charge in [-0.15, -0.1) is 0 Å². The summed E-state index contributed by atoms with van der Waals surface area (Å²) >= 11 is 0. The normalized spacial score (nSPS) is 23.5. The predicted octanol–water partition coefficient (Wildman–Crippen LogP) is 0.968. The lowest BCUT2D eigenvalue weighted by atomic mass is 9.99. The van der Waals surface area contributed by atoms with Crippen molar-refractivity contribution in [2.24, 2.45) is 23.0 Å². The molecule has 2 aliphatic heterocycles. The summed E-state index contributed by atoms with van der Waals surface area (Å²) in [5, 5.41) is 4.64. The van der Waals surface area contributed by atoms with Gasteiger partial charge in [-0.3, -0.25) is 14.4 Å². The highest BCUT2D eigenvalue weighted by atomic mass is 19.1. The third kappa shape index (κ3) is 3.06. The molecule has 0 spiro atoms. The van der Waals surface area contributed by atoms with E-state index in [0.29, 0.717) is 11.9 Å². The highest BCUT2D eigenvalue weighted by Gasteiger charge is 2.32. The number of fused-ring (bicyclic) bond motifs is 1. The van der Waals surface area contributed by atoms with E-state index in [0.717, 1.165) is 39.0 Å². The van der Waals surface area contributed by atoms with E-state index in [1.807, 2.05) is 23.7 Å². The van der Waals surface area contributed by atoms with Crippen LogP contribution in [0.15, 0.2) is 9.98 Å². The Labute approximate surface area is 152 Å². The van der Waals surface area contributed by atoms with Crippen LogP contribution < -0.4 is 0 Å². The van der Waals surface area contributed by atoms with Crippen molar-refractivity contribution in [3.63, 3.8) is 0 Å². The first-order chi connectivity index (χ1) is 12.4. The number of nitrogens with zero attached hydrogens (tertiary/aromatic N) is 6. The molecule has 0 radical (unpaired) electrons. The second-order valence-corrected chi connectivity index (χ2v) is 7.66. The number of amides is 1. The van der Waals surface area contributed by atoms with Crippen molar-refractivity contribution in [3.05, 3.63) is 17.0 Å². The summed E-state index contributed by atoms with van der Waals surface area (Å²) in [7, 11) is 3.90. The molecule has 1 aromatic rings. The van der Waals surface area contributed by atoms with Gasteiger partial charge in [-0.05, 0) is 31.7 Å². The zero-order chi connectivity index (χ0) is 18.4. The van der Waals surface area contributed by atoms with Crippen molar-refractivity contribution in [2.45, 2.75) is 38.9 Å². The number of aliphatic imine (C=N–C) groups is 2. The zero-order valence-corrected chi connectivity index (χ0v) is 15.6. The molecule has 3 aliphatic rings. The van der Waals surface area contributed by atoms with Crippen molar-refractivity contribution >= 4 is 17.6 Å². The van der Waals surface area contributed by atoms with Gasteiger partial charge in [0.2, 0.25) is 12.1 Å². The van der Waals surface area contributed by atoms with Gasteiger partial charge in [0.25, 0.3) is 5.91 Å². The molecule has 3 heterocycles. The minimum absolute atomic E-state index is 0.187. The van der Waals surface area contributed by atoms with E-state index in [2.05, 4.69) is 20.0 Å².